The van der Waals surface area contributed by atoms with Crippen LogP contribution in [0.1, 0.15) is 43.2 Å². The topological polar surface area (TPSA) is 104 Å². The molecule has 1 saturated carbocycles. The van der Waals surface area contributed by atoms with E-state index in [1.54, 1.807) is 0 Å². The summed E-state index contributed by atoms with van der Waals surface area (Å²) in [5.74, 6) is -0.583. The van der Waals surface area contributed by atoms with Gasteiger partial charge in [0.2, 0.25) is 16.9 Å². The molecule has 2 heterocycles. The van der Waals surface area contributed by atoms with Crippen LogP contribution in [0.4, 0.5) is 9.93 Å². The Morgan fingerprint density at radius 1 is 1.06 bits per heavy atom. The molecule has 33 heavy (non-hydrogen) atoms. The van der Waals surface area contributed by atoms with E-state index in [0.29, 0.717) is 11.6 Å². The number of urea groups is 1. The molecule has 4 aliphatic rings. The largest absolute Gasteiger partial charge is 0.322 e. The van der Waals surface area contributed by atoms with E-state index in [-0.39, 0.29) is 41.4 Å². The van der Waals surface area contributed by atoms with Crippen LogP contribution in [0.2, 0.25) is 0 Å². The molecule has 1 aromatic carbocycles. The lowest BCUT2D eigenvalue weighted by molar-refractivity contribution is -0.143. The van der Waals surface area contributed by atoms with Crippen molar-refractivity contribution in [3.05, 3.63) is 53.1 Å². The fourth-order valence-corrected chi connectivity index (χ4v) is 5.99. The number of hydrogen-bond acceptors (Lipinski definition) is 6. The van der Waals surface area contributed by atoms with Gasteiger partial charge in [-0.2, -0.15) is 0 Å². The van der Waals surface area contributed by atoms with Crippen LogP contribution in [0.15, 0.2) is 42.5 Å². The first-order chi connectivity index (χ1) is 15.9. The van der Waals surface area contributed by atoms with E-state index in [1.165, 1.54) is 16.2 Å². The Hall–Kier alpha value is -3.07. The van der Waals surface area contributed by atoms with Gasteiger partial charge in [0.25, 0.3) is 0 Å². The van der Waals surface area contributed by atoms with Crippen LogP contribution in [0.5, 0.6) is 0 Å². The number of allylic oxidation sites excluding steroid dienone is 2. The second kappa shape index (κ2) is 8.70. The Labute approximate surface area is 196 Å². The normalized spacial score (nSPS) is 26.6. The summed E-state index contributed by atoms with van der Waals surface area (Å²) < 4.78 is 0. The first-order valence-corrected chi connectivity index (χ1v) is 12.2. The van der Waals surface area contributed by atoms with Crippen LogP contribution in [0, 0.1) is 23.7 Å². The Bertz CT molecular complexity index is 1070. The van der Waals surface area contributed by atoms with E-state index in [1.807, 2.05) is 44.2 Å². The maximum Gasteiger partial charge on any atom is 0.322 e. The number of rotatable bonds is 6. The van der Waals surface area contributed by atoms with Crippen molar-refractivity contribution in [2.75, 3.05) is 5.32 Å². The summed E-state index contributed by atoms with van der Waals surface area (Å²) in [5.41, 5.74) is 0.928. The molecule has 1 aromatic heterocycles. The number of nitrogens with zero attached hydrogens (tertiary/aromatic N) is 3. The first kappa shape index (κ1) is 21.8. The molecule has 0 spiro atoms. The van der Waals surface area contributed by atoms with E-state index in [0.717, 1.165) is 23.4 Å². The minimum Gasteiger partial charge on any atom is -0.317 e. The summed E-state index contributed by atoms with van der Waals surface area (Å²) in [7, 11) is 0. The molecule has 172 valence electrons. The number of benzene rings is 1. The Morgan fingerprint density at radius 3 is 2.24 bits per heavy atom. The van der Waals surface area contributed by atoms with E-state index in [2.05, 4.69) is 33.0 Å². The van der Waals surface area contributed by atoms with E-state index in [4.69, 9.17) is 0 Å². The predicted octanol–water partition coefficient (Wildman–Crippen LogP) is 3.55. The smallest absolute Gasteiger partial charge is 0.317 e. The molecule has 6 rings (SSSR count). The number of nitrogens with one attached hydrogen (secondary N) is 2. The minimum absolute atomic E-state index is 0.100. The number of likely N-dealkylation sites (tertiary alicyclic amines) is 1. The first-order valence-electron chi connectivity index (χ1n) is 11.4. The predicted molar refractivity (Wildman–Crippen MR) is 124 cm³/mol. The van der Waals surface area contributed by atoms with Gasteiger partial charge in [-0.15, -0.1) is 10.2 Å². The number of hydrogen-bond donors (Lipinski definition) is 2. The van der Waals surface area contributed by atoms with E-state index < -0.39 is 12.2 Å². The Morgan fingerprint density at radius 2 is 1.70 bits per heavy atom. The zero-order chi connectivity index (χ0) is 23.1. The number of imide groups is 1. The molecule has 5 atom stereocenters. The molecule has 0 radical (unpaired) electrons. The molecular formula is C24H27N5O3S. The van der Waals surface area contributed by atoms with Gasteiger partial charge in [0.15, 0.2) is 0 Å². The number of carbonyl (C=O) groups is 3. The highest BCUT2D eigenvalue weighted by Gasteiger charge is 2.58. The zero-order valence-electron chi connectivity index (χ0n) is 18.6. The second-order valence-electron chi connectivity index (χ2n) is 9.29. The minimum atomic E-state index is -0.783. The van der Waals surface area contributed by atoms with Crippen molar-refractivity contribution in [3.8, 4) is 0 Å². The van der Waals surface area contributed by atoms with Crippen LogP contribution in [-0.2, 0) is 16.0 Å². The maximum atomic E-state index is 13.5. The molecule has 1 aliphatic heterocycles. The van der Waals surface area contributed by atoms with E-state index in [9.17, 15) is 14.4 Å². The van der Waals surface area contributed by atoms with Crippen molar-refractivity contribution in [1.82, 2.24) is 20.4 Å². The van der Waals surface area contributed by atoms with Gasteiger partial charge in [0.1, 0.15) is 11.2 Å². The third kappa shape index (κ3) is 4.06. The summed E-state index contributed by atoms with van der Waals surface area (Å²) >= 11 is 1.31. The summed E-state index contributed by atoms with van der Waals surface area (Å²) in [5, 5.41) is 14.9. The van der Waals surface area contributed by atoms with Crippen molar-refractivity contribution < 1.29 is 14.4 Å². The van der Waals surface area contributed by atoms with Gasteiger partial charge in [-0.3, -0.25) is 19.8 Å². The lowest BCUT2D eigenvalue weighted by Crippen LogP contribution is -2.53. The van der Waals surface area contributed by atoms with Gasteiger partial charge < -0.3 is 5.32 Å². The highest BCUT2D eigenvalue weighted by Crippen LogP contribution is 2.50. The van der Waals surface area contributed by atoms with Crippen molar-refractivity contribution >= 4 is 34.3 Å². The molecule has 0 unspecified atom stereocenters. The third-order valence-corrected chi connectivity index (χ3v) is 7.97. The molecule has 3 aliphatic carbocycles. The van der Waals surface area contributed by atoms with Crippen LogP contribution in [0.25, 0.3) is 0 Å². The number of fused-ring (bicyclic) bond motifs is 1. The fourth-order valence-electron chi connectivity index (χ4n) is 5.25. The Kier molecular flexibility index (Phi) is 5.74. The average molecular weight is 466 g/mol. The van der Waals surface area contributed by atoms with Crippen LogP contribution < -0.4 is 10.6 Å². The van der Waals surface area contributed by atoms with Crippen LogP contribution >= 0.6 is 11.3 Å². The fraction of sp³-hybridized carbons (Fsp3) is 0.458. The van der Waals surface area contributed by atoms with Crippen molar-refractivity contribution in [3.63, 3.8) is 0 Å². The summed E-state index contributed by atoms with van der Waals surface area (Å²) in [4.78, 5) is 41.1. The number of carbonyl (C=O) groups excluding carboxylic acids is 3. The SMILES string of the molecule is CC(C)c1nnc(NC(=O)N[C@H](Cc2ccccc2)N2C(=O)[C@@H]3[C@H](C2=O)[C@H]2C=C[C@H]3CC2)s1. The number of anilines is 1. The van der Waals surface area contributed by atoms with Gasteiger partial charge in [-0.25, -0.2) is 4.79 Å². The molecule has 4 amide bonds. The van der Waals surface area contributed by atoms with Gasteiger partial charge in [0, 0.05) is 12.3 Å². The molecule has 2 aromatic rings. The highest BCUT2D eigenvalue weighted by molar-refractivity contribution is 7.15. The van der Waals surface area contributed by atoms with Gasteiger partial charge in [0.05, 0.1) is 11.8 Å². The molecule has 1 saturated heterocycles. The average Bonchev–Trinajstić information content (AvgIpc) is 3.38. The van der Waals surface area contributed by atoms with Gasteiger partial charge in [-0.05, 0) is 30.2 Å². The van der Waals surface area contributed by atoms with Crippen molar-refractivity contribution in [2.24, 2.45) is 23.7 Å². The molecule has 8 nitrogen and oxygen atoms in total. The molecule has 2 N–H and O–H groups in total. The molecule has 2 bridgehead atoms. The number of amides is 4. The lowest BCUT2D eigenvalue weighted by Gasteiger charge is -2.38. The number of aromatic nitrogens is 2. The van der Waals surface area contributed by atoms with Crippen LogP contribution in [0.3, 0.4) is 0 Å². The highest BCUT2D eigenvalue weighted by atomic mass is 32.1. The second-order valence-corrected chi connectivity index (χ2v) is 10.3. The standard InChI is InChI=1S/C24H27N5O3S/c1-13(2)20-27-28-24(33-20)26-23(32)25-17(12-14-6-4-3-5-7-14)29-21(30)18-15-8-9-16(11-10-15)19(18)22(29)31/h3-9,13,15-19H,10-12H2,1-2H3,(H2,25,26,28,32)/t15-,16-,17-,18-,19+/m0/s1. The van der Waals surface area contributed by atoms with Gasteiger partial charge >= 0.3 is 6.03 Å². The maximum absolute atomic E-state index is 13.5. The summed E-state index contributed by atoms with van der Waals surface area (Å²) in [6.07, 6.45) is 5.61. The molecule has 9 heteroatoms. The Balaban J connectivity index is 1.38. The van der Waals surface area contributed by atoms with Crippen LogP contribution in [-0.4, -0.2) is 39.1 Å². The zero-order valence-corrected chi connectivity index (χ0v) is 19.4. The summed E-state index contributed by atoms with van der Waals surface area (Å²) in [6, 6.07) is 9.05. The lowest BCUT2D eigenvalue weighted by atomic mass is 9.63. The molecular weight excluding hydrogens is 438 g/mol. The van der Waals surface area contributed by atoms with Crippen molar-refractivity contribution in [1.29, 1.82) is 0 Å². The third-order valence-electron chi connectivity index (χ3n) is 6.83. The molecule has 2 fully saturated rings. The quantitative estimate of drug-likeness (QED) is 0.502. The van der Waals surface area contributed by atoms with Gasteiger partial charge in [-0.1, -0.05) is 67.7 Å². The van der Waals surface area contributed by atoms with Crippen molar-refractivity contribution in [2.45, 2.75) is 45.2 Å². The van der Waals surface area contributed by atoms with E-state index >= 15 is 0 Å². The monoisotopic (exact) mass is 465 g/mol. The summed E-state index contributed by atoms with van der Waals surface area (Å²) in [6.45, 7) is 4.01.